The predicted molar refractivity (Wildman–Crippen MR) is 111 cm³/mol. The van der Waals surface area contributed by atoms with Gasteiger partial charge in [0.2, 0.25) is 5.91 Å². The minimum atomic E-state index is -1.04. The van der Waals surface area contributed by atoms with Gasteiger partial charge in [0.15, 0.2) is 6.10 Å². The van der Waals surface area contributed by atoms with Crippen LogP contribution in [0.1, 0.15) is 11.1 Å². The second-order valence-corrected chi connectivity index (χ2v) is 7.60. The van der Waals surface area contributed by atoms with Gasteiger partial charge < -0.3 is 0 Å². The van der Waals surface area contributed by atoms with Crippen LogP contribution in [0.5, 0.6) is 0 Å². The minimum absolute atomic E-state index is 0.343. The summed E-state index contributed by atoms with van der Waals surface area (Å²) in [7, 11) is 0. The van der Waals surface area contributed by atoms with Crippen LogP contribution in [-0.2, 0) is 20.0 Å². The van der Waals surface area contributed by atoms with Crippen LogP contribution in [0.15, 0.2) is 89.9 Å². The van der Waals surface area contributed by atoms with E-state index < -0.39 is 23.5 Å². The number of carbonyl (C=O) groups excluding carboxylic acids is 2. The summed E-state index contributed by atoms with van der Waals surface area (Å²) in [6.45, 7) is 0. The van der Waals surface area contributed by atoms with E-state index in [9.17, 15) is 9.59 Å². The first-order chi connectivity index (χ1) is 14.7. The van der Waals surface area contributed by atoms with Crippen LogP contribution in [0.25, 0.3) is 0 Å². The van der Waals surface area contributed by atoms with E-state index in [1.165, 1.54) is 0 Å². The van der Waals surface area contributed by atoms with Gasteiger partial charge >= 0.3 is 0 Å². The topological polar surface area (TPSA) is 71.0 Å². The van der Waals surface area contributed by atoms with Crippen LogP contribution in [0.3, 0.4) is 0 Å². The zero-order valence-corrected chi connectivity index (χ0v) is 15.9. The molecule has 3 atom stereocenters. The van der Waals surface area contributed by atoms with E-state index in [-0.39, 0.29) is 5.91 Å². The van der Waals surface area contributed by atoms with E-state index in [4.69, 9.17) is 9.83 Å². The molecule has 6 heteroatoms. The van der Waals surface area contributed by atoms with Crippen molar-refractivity contribution in [3.63, 3.8) is 0 Å². The van der Waals surface area contributed by atoms with Crippen molar-refractivity contribution in [2.75, 3.05) is 5.06 Å². The molecule has 2 saturated heterocycles. The van der Waals surface area contributed by atoms with Gasteiger partial charge in [0.25, 0.3) is 5.91 Å². The average molecular weight is 395 g/mol. The number of nitrogens with one attached hydrogen (secondary N) is 1. The number of nitrogens with zero attached hydrogens (tertiary/aromatic N) is 2. The third kappa shape index (κ3) is 2.08. The molecule has 0 aromatic heterocycles. The van der Waals surface area contributed by atoms with E-state index in [2.05, 4.69) is 5.32 Å². The molecular weight excluding hydrogens is 378 g/mol. The Hall–Kier alpha value is -3.77. The highest BCUT2D eigenvalue weighted by Crippen LogP contribution is 2.57. The van der Waals surface area contributed by atoms with Gasteiger partial charge in [-0.3, -0.25) is 19.7 Å². The summed E-state index contributed by atoms with van der Waals surface area (Å²) in [5.74, 6) is -1.50. The molecule has 3 heterocycles. The average Bonchev–Trinajstić information content (AvgIpc) is 3.37. The van der Waals surface area contributed by atoms with Gasteiger partial charge in [0.05, 0.1) is 17.1 Å². The number of hydrogen-bond donors (Lipinski definition) is 1. The minimum Gasteiger partial charge on any atom is -0.294 e. The Morgan fingerprint density at radius 1 is 0.833 bits per heavy atom. The van der Waals surface area contributed by atoms with Gasteiger partial charge in [-0.05, 0) is 23.8 Å². The molecule has 0 bridgehead atoms. The molecule has 2 fully saturated rings. The lowest BCUT2D eigenvalue weighted by atomic mass is 9.73. The van der Waals surface area contributed by atoms with Gasteiger partial charge in [-0.2, -0.15) is 0 Å². The molecule has 0 spiro atoms. The van der Waals surface area contributed by atoms with Crippen molar-refractivity contribution in [3.05, 3.63) is 96.1 Å². The monoisotopic (exact) mass is 395 g/mol. The highest BCUT2D eigenvalue weighted by molar-refractivity contribution is 6.23. The normalized spacial score (nSPS) is 27.7. The maximum Gasteiger partial charge on any atom is 0.259 e. The summed E-state index contributed by atoms with van der Waals surface area (Å²) >= 11 is 0. The summed E-state index contributed by atoms with van der Waals surface area (Å²) in [4.78, 5) is 36.7. The second kappa shape index (κ2) is 6.11. The Morgan fingerprint density at radius 3 is 2.27 bits per heavy atom. The molecule has 30 heavy (non-hydrogen) atoms. The molecule has 3 aromatic rings. The fourth-order valence-electron chi connectivity index (χ4n) is 4.85. The lowest BCUT2D eigenvalue weighted by Crippen LogP contribution is -2.50. The smallest absolute Gasteiger partial charge is 0.259 e. The van der Waals surface area contributed by atoms with Crippen molar-refractivity contribution in [2.45, 2.75) is 11.6 Å². The third-order valence-corrected chi connectivity index (χ3v) is 6.03. The van der Waals surface area contributed by atoms with Crippen molar-refractivity contribution in [1.82, 2.24) is 5.32 Å². The fourth-order valence-corrected chi connectivity index (χ4v) is 4.85. The molecule has 2 amide bonds. The van der Waals surface area contributed by atoms with Gasteiger partial charge in [0.1, 0.15) is 11.5 Å². The summed E-state index contributed by atoms with van der Waals surface area (Å²) in [6, 6.07) is 27.1. The number of rotatable bonds is 2. The van der Waals surface area contributed by atoms with Gasteiger partial charge in [-0.15, -0.1) is 0 Å². The molecular formula is C24H17N3O3. The molecule has 3 aromatic carbocycles. The van der Waals surface area contributed by atoms with Crippen LogP contribution < -0.4 is 10.4 Å². The summed E-state index contributed by atoms with van der Waals surface area (Å²) in [6.07, 6.45) is -0.896. The van der Waals surface area contributed by atoms with Gasteiger partial charge in [-0.1, -0.05) is 66.7 Å². The number of hydroxylamine groups is 1. The molecule has 0 radical (unpaired) electrons. The van der Waals surface area contributed by atoms with Crippen LogP contribution in [0.2, 0.25) is 0 Å². The van der Waals surface area contributed by atoms with Crippen molar-refractivity contribution in [2.24, 2.45) is 10.9 Å². The highest BCUT2D eigenvalue weighted by Gasteiger charge is 2.70. The van der Waals surface area contributed by atoms with Gasteiger partial charge in [-0.25, -0.2) is 10.1 Å². The molecule has 6 rings (SSSR count). The van der Waals surface area contributed by atoms with Crippen LogP contribution in [0, 0.1) is 5.92 Å². The Bertz CT molecular complexity index is 1210. The Morgan fingerprint density at radius 2 is 1.50 bits per heavy atom. The molecule has 0 saturated carbocycles. The summed E-state index contributed by atoms with van der Waals surface area (Å²) in [5, 5.41) is 4.18. The fraction of sp³-hybridized carbons (Fsp3) is 0.125. The molecule has 3 aliphatic rings. The molecule has 3 aliphatic heterocycles. The number of benzene rings is 3. The number of imide groups is 1. The second-order valence-electron chi connectivity index (χ2n) is 7.60. The van der Waals surface area contributed by atoms with Crippen LogP contribution >= 0.6 is 0 Å². The van der Waals surface area contributed by atoms with E-state index >= 15 is 0 Å². The van der Waals surface area contributed by atoms with Crippen molar-refractivity contribution in [3.8, 4) is 0 Å². The van der Waals surface area contributed by atoms with Crippen molar-refractivity contribution >= 4 is 28.9 Å². The number of amides is 2. The Labute approximate surface area is 172 Å². The predicted octanol–water partition coefficient (Wildman–Crippen LogP) is 3.11. The molecule has 146 valence electrons. The number of fused-ring (bicyclic) bond motifs is 5. The Kier molecular flexibility index (Phi) is 3.49. The third-order valence-electron chi connectivity index (χ3n) is 6.03. The molecule has 0 aliphatic carbocycles. The Balaban J connectivity index is 1.70. The van der Waals surface area contributed by atoms with Crippen molar-refractivity contribution in [1.29, 1.82) is 0 Å². The van der Waals surface area contributed by atoms with E-state index in [1.807, 2.05) is 84.9 Å². The number of anilines is 1. The van der Waals surface area contributed by atoms with Crippen LogP contribution in [-0.4, -0.2) is 23.6 Å². The first kappa shape index (κ1) is 17.1. The van der Waals surface area contributed by atoms with E-state index in [0.29, 0.717) is 5.71 Å². The standard InChI is InChI=1S/C24H17N3O3/c28-22-19-20(23(29)26-22)30-27-18-14-8-7-13-17(18)21(25-16-11-5-2-6-12-16)24(19,27)15-9-3-1-4-10-15/h1-14,19-20H,(H,26,28,29)/t19-,20+,24+/m1/s1. The van der Waals surface area contributed by atoms with Crippen LogP contribution in [0.4, 0.5) is 11.4 Å². The maximum atomic E-state index is 13.0. The largest absolute Gasteiger partial charge is 0.294 e. The SMILES string of the molecule is O=C1NC(=O)[C@H]2[C@@H]1ON1c3ccccc3C(=Nc3ccccc3)[C@]21c1ccccc1. The number of hydrogen-bond acceptors (Lipinski definition) is 5. The molecule has 6 nitrogen and oxygen atoms in total. The zero-order valence-electron chi connectivity index (χ0n) is 15.9. The maximum absolute atomic E-state index is 13.0. The van der Waals surface area contributed by atoms with E-state index in [1.54, 1.807) is 5.06 Å². The van der Waals surface area contributed by atoms with E-state index in [0.717, 1.165) is 22.5 Å². The number of para-hydroxylation sites is 2. The number of aliphatic imine (C=N–C) groups is 1. The zero-order chi connectivity index (χ0) is 20.3. The quantitative estimate of drug-likeness (QED) is 0.677. The summed E-state index contributed by atoms with van der Waals surface area (Å²) in [5.41, 5.74) is 2.97. The highest BCUT2D eigenvalue weighted by atomic mass is 16.7. The number of carbonyl (C=O) groups is 2. The molecule has 0 unspecified atom stereocenters. The first-order valence-electron chi connectivity index (χ1n) is 9.82. The summed E-state index contributed by atoms with van der Waals surface area (Å²) < 4.78 is 0. The first-order valence-corrected chi connectivity index (χ1v) is 9.82. The van der Waals surface area contributed by atoms with Gasteiger partial charge in [0, 0.05) is 5.56 Å². The molecule has 1 N–H and O–H groups in total. The van der Waals surface area contributed by atoms with Crippen molar-refractivity contribution < 1.29 is 14.4 Å². The lowest BCUT2D eigenvalue weighted by Gasteiger charge is -2.35. The lowest BCUT2D eigenvalue weighted by molar-refractivity contribution is -0.129.